The van der Waals surface area contributed by atoms with E-state index in [1.807, 2.05) is 19.1 Å². The number of nitrogens with one attached hydrogen (secondary N) is 1. The Kier molecular flexibility index (Phi) is 5.79. The highest BCUT2D eigenvalue weighted by molar-refractivity contribution is 5.94. The van der Waals surface area contributed by atoms with E-state index in [4.69, 9.17) is 5.11 Å². The Balaban J connectivity index is 2.78. The largest absolute Gasteiger partial charge is 0.384 e. The Morgan fingerprint density at radius 3 is 2.65 bits per heavy atom. The van der Waals surface area contributed by atoms with Gasteiger partial charge >= 0.3 is 0 Å². The molecule has 3 heteroatoms. The number of carbonyl (C=O) groups excluding carboxylic acids is 1. The van der Waals surface area contributed by atoms with Gasteiger partial charge in [0.2, 0.25) is 0 Å². The highest BCUT2D eigenvalue weighted by Gasteiger charge is 2.16. The van der Waals surface area contributed by atoms with Gasteiger partial charge in [-0.1, -0.05) is 32.6 Å². The summed E-state index contributed by atoms with van der Waals surface area (Å²) < 4.78 is 0. The van der Waals surface area contributed by atoms with Gasteiger partial charge in [-0.05, 0) is 42.5 Å². The molecule has 0 bridgehead atoms. The zero-order valence-corrected chi connectivity index (χ0v) is 12.7. The van der Waals surface area contributed by atoms with E-state index >= 15 is 0 Å². The third-order valence-corrected chi connectivity index (χ3v) is 3.48. The van der Waals surface area contributed by atoms with E-state index in [0.29, 0.717) is 12.1 Å². The van der Waals surface area contributed by atoms with Crippen LogP contribution in [0.2, 0.25) is 0 Å². The van der Waals surface area contributed by atoms with Crippen LogP contribution in [0.25, 0.3) is 0 Å². The van der Waals surface area contributed by atoms with Gasteiger partial charge in [0.15, 0.2) is 0 Å². The summed E-state index contributed by atoms with van der Waals surface area (Å²) in [6.45, 7) is 8.79. The lowest BCUT2D eigenvalue weighted by Crippen LogP contribution is -2.33. The van der Waals surface area contributed by atoms with Gasteiger partial charge in [-0.3, -0.25) is 4.79 Å². The predicted octanol–water partition coefficient (Wildman–Crippen LogP) is 2.50. The van der Waals surface area contributed by atoms with Crippen molar-refractivity contribution in [2.75, 3.05) is 13.2 Å². The summed E-state index contributed by atoms with van der Waals surface area (Å²) in [6.07, 6.45) is 1.02. The van der Waals surface area contributed by atoms with Gasteiger partial charge < -0.3 is 10.4 Å². The van der Waals surface area contributed by atoms with Gasteiger partial charge in [0.05, 0.1) is 0 Å². The highest BCUT2D eigenvalue weighted by Crippen LogP contribution is 2.18. The summed E-state index contributed by atoms with van der Waals surface area (Å²) in [5, 5.41) is 11.7. The highest BCUT2D eigenvalue weighted by atomic mass is 16.2. The second kappa shape index (κ2) is 7.12. The molecule has 0 aliphatic carbocycles. The number of aryl methyl sites for hydroxylation is 1. The third kappa shape index (κ3) is 4.71. The molecule has 0 fully saturated rings. The molecular formula is C17H23NO2. The van der Waals surface area contributed by atoms with Gasteiger partial charge in [0, 0.05) is 17.7 Å². The topological polar surface area (TPSA) is 49.3 Å². The molecule has 0 aliphatic heterocycles. The molecule has 0 saturated heterocycles. The quantitative estimate of drug-likeness (QED) is 0.828. The SMILES string of the molecule is CCC(C)(C)CNC(=O)c1ccc(C#CCO)c(C)c1. The Morgan fingerprint density at radius 2 is 2.10 bits per heavy atom. The maximum absolute atomic E-state index is 12.1. The van der Waals surface area contributed by atoms with E-state index in [-0.39, 0.29) is 17.9 Å². The lowest BCUT2D eigenvalue weighted by Gasteiger charge is -2.22. The summed E-state index contributed by atoms with van der Waals surface area (Å²) in [5.74, 6) is 5.42. The molecular weight excluding hydrogens is 250 g/mol. The molecule has 1 amide bonds. The number of aliphatic hydroxyl groups excluding tert-OH is 1. The molecule has 0 atom stereocenters. The molecule has 0 spiro atoms. The molecule has 2 N–H and O–H groups in total. The summed E-state index contributed by atoms with van der Waals surface area (Å²) in [4.78, 5) is 12.1. The second-order valence-corrected chi connectivity index (χ2v) is 5.69. The zero-order valence-electron chi connectivity index (χ0n) is 12.7. The van der Waals surface area contributed by atoms with Crippen LogP contribution < -0.4 is 5.32 Å². The van der Waals surface area contributed by atoms with Crippen LogP contribution in [0.15, 0.2) is 18.2 Å². The fourth-order valence-electron chi connectivity index (χ4n) is 1.63. The molecule has 0 radical (unpaired) electrons. The van der Waals surface area contributed by atoms with E-state index in [1.54, 1.807) is 6.07 Å². The fourth-order valence-corrected chi connectivity index (χ4v) is 1.63. The molecule has 0 unspecified atom stereocenters. The van der Waals surface area contributed by atoms with Crippen LogP contribution in [0.4, 0.5) is 0 Å². The van der Waals surface area contributed by atoms with Crippen molar-refractivity contribution in [2.24, 2.45) is 5.41 Å². The van der Waals surface area contributed by atoms with Gasteiger partial charge in [0.1, 0.15) is 6.61 Å². The molecule has 1 rings (SSSR count). The fraction of sp³-hybridized carbons (Fsp3) is 0.471. The molecule has 3 nitrogen and oxygen atoms in total. The minimum Gasteiger partial charge on any atom is -0.384 e. The Bertz CT molecular complexity index is 536. The minimum absolute atomic E-state index is 0.0590. The second-order valence-electron chi connectivity index (χ2n) is 5.69. The van der Waals surface area contributed by atoms with Crippen molar-refractivity contribution in [1.29, 1.82) is 0 Å². The first-order valence-corrected chi connectivity index (χ1v) is 6.88. The smallest absolute Gasteiger partial charge is 0.251 e. The standard InChI is InChI=1S/C17H23NO2/c1-5-17(3,4)12-18-16(20)15-9-8-14(7-6-10-19)13(2)11-15/h8-9,11,19H,5,10,12H2,1-4H3,(H,18,20). The van der Waals surface area contributed by atoms with E-state index in [2.05, 4.69) is 37.9 Å². The summed E-state index contributed by atoms with van der Waals surface area (Å²) in [5.41, 5.74) is 2.53. The molecule has 20 heavy (non-hydrogen) atoms. The molecule has 1 aromatic carbocycles. The van der Waals surface area contributed by atoms with Gasteiger partial charge in [-0.2, -0.15) is 0 Å². The summed E-state index contributed by atoms with van der Waals surface area (Å²) in [6, 6.07) is 5.41. The maximum Gasteiger partial charge on any atom is 0.251 e. The number of hydrogen-bond donors (Lipinski definition) is 2. The monoisotopic (exact) mass is 273 g/mol. The number of rotatable bonds is 4. The lowest BCUT2D eigenvalue weighted by molar-refractivity contribution is 0.0935. The third-order valence-electron chi connectivity index (χ3n) is 3.48. The number of benzene rings is 1. The zero-order chi connectivity index (χ0) is 15.2. The normalized spacial score (nSPS) is 10.7. The average molecular weight is 273 g/mol. The first-order chi connectivity index (χ1) is 9.39. The van der Waals surface area contributed by atoms with Crippen molar-refractivity contribution in [2.45, 2.75) is 34.1 Å². The molecule has 0 heterocycles. The number of amides is 1. The van der Waals surface area contributed by atoms with Crippen LogP contribution in [0.3, 0.4) is 0 Å². The number of hydrogen-bond acceptors (Lipinski definition) is 2. The molecule has 0 aromatic heterocycles. The molecule has 0 saturated carbocycles. The van der Waals surface area contributed by atoms with Crippen molar-refractivity contribution in [3.63, 3.8) is 0 Å². The van der Waals surface area contributed by atoms with Crippen molar-refractivity contribution in [1.82, 2.24) is 5.32 Å². The lowest BCUT2D eigenvalue weighted by atomic mass is 9.90. The van der Waals surface area contributed by atoms with Gasteiger partial charge in [-0.25, -0.2) is 0 Å². The van der Waals surface area contributed by atoms with E-state index in [0.717, 1.165) is 17.5 Å². The van der Waals surface area contributed by atoms with Gasteiger partial charge in [0.25, 0.3) is 5.91 Å². The Hall–Kier alpha value is -1.79. The number of carbonyl (C=O) groups is 1. The van der Waals surface area contributed by atoms with Crippen molar-refractivity contribution in [3.05, 3.63) is 34.9 Å². The number of aliphatic hydroxyl groups is 1. The van der Waals surface area contributed by atoms with E-state index < -0.39 is 0 Å². The molecule has 108 valence electrons. The Labute approximate surface area is 121 Å². The van der Waals surface area contributed by atoms with Crippen molar-refractivity contribution < 1.29 is 9.90 Å². The van der Waals surface area contributed by atoms with Gasteiger partial charge in [-0.15, -0.1) is 0 Å². The predicted molar refractivity (Wildman–Crippen MR) is 81.5 cm³/mol. The van der Waals surface area contributed by atoms with Crippen LogP contribution in [0, 0.1) is 24.2 Å². The first-order valence-electron chi connectivity index (χ1n) is 6.88. The van der Waals surface area contributed by atoms with Crippen LogP contribution in [0.1, 0.15) is 48.7 Å². The Morgan fingerprint density at radius 1 is 1.40 bits per heavy atom. The summed E-state index contributed by atoms with van der Waals surface area (Å²) >= 11 is 0. The van der Waals surface area contributed by atoms with E-state index in [1.165, 1.54) is 0 Å². The van der Waals surface area contributed by atoms with Crippen LogP contribution >= 0.6 is 0 Å². The maximum atomic E-state index is 12.1. The van der Waals surface area contributed by atoms with Crippen molar-refractivity contribution >= 4 is 5.91 Å². The molecule has 1 aromatic rings. The average Bonchev–Trinajstić information content (AvgIpc) is 2.43. The van der Waals surface area contributed by atoms with Crippen LogP contribution in [0.5, 0.6) is 0 Å². The minimum atomic E-state index is -0.159. The van der Waals surface area contributed by atoms with E-state index in [9.17, 15) is 4.79 Å². The van der Waals surface area contributed by atoms with Crippen LogP contribution in [-0.4, -0.2) is 24.2 Å². The summed E-state index contributed by atoms with van der Waals surface area (Å²) in [7, 11) is 0. The molecule has 0 aliphatic rings. The first kappa shape index (κ1) is 16.3. The van der Waals surface area contributed by atoms with Crippen molar-refractivity contribution in [3.8, 4) is 11.8 Å². The van der Waals surface area contributed by atoms with Crippen LogP contribution in [-0.2, 0) is 0 Å².